The number of benzene rings is 2. The van der Waals surface area contributed by atoms with E-state index in [2.05, 4.69) is 47.1 Å². The summed E-state index contributed by atoms with van der Waals surface area (Å²) in [5.74, 6) is -0.00542. The van der Waals surface area contributed by atoms with Crippen molar-refractivity contribution in [3.05, 3.63) is 81.9 Å². The van der Waals surface area contributed by atoms with Crippen molar-refractivity contribution < 1.29 is 9.35 Å². The van der Waals surface area contributed by atoms with E-state index in [-0.39, 0.29) is 11.9 Å². The third-order valence-electron chi connectivity index (χ3n) is 6.19. The Morgan fingerprint density at radius 2 is 1.82 bits per heavy atom. The van der Waals surface area contributed by atoms with Gasteiger partial charge in [-0.05, 0) is 69.7 Å². The van der Waals surface area contributed by atoms with Crippen molar-refractivity contribution in [3.63, 3.8) is 0 Å². The zero-order valence-corrected chi connectivity index (χ0v) is 21.4. The monoisotopic (exact) mass is 481 g/mol. The minimum atomic E-state index is -1.26. The zero-order chi connectivity index (χ0) is 23.8. The molecule has 1 fully saturated rings. The summed E-state index contributed by atoms with van der Waals surface area (Å²) in [7, 11) is 0. The zero-order valence-electron chi connectivity index (χ0n) is 19.8. The van der Waals surface area contributed by atoms with Gasteiger partial charge in [-0.25, -0.2) is 4.98 Å². The van der Waals surface area contributed by atoms with Gasteiger partial charge in [0.1, 0.15) is 10.8 Å². The quantitative estimate of drug-likeness (QED) is 0.433. The Balaban J connectivity index is 1.55. The lowest BCUT2D eigenvalue weighted by Crippen LogP contribution is -2.41. The lowest BCUT2D eigenvalue weighted by Gasteiger charge is -2.27. The fourth-order valence-electron chi connectivity index (χ4n) is 3.73. The van der Waals surface area contributed by atoms with Crippen LogP contribution in [0.1, 0.15) is 66.8 Å². The summed E-state index contributed by atoms with van der Waals surface area (Å²) in [6.07, 6.45) is 3.46. The number of hydrogen-bond acceptors (Lipinski definition) is 5. The molecule has 1 amide bonds. The standard InChI is InChI=1S/C26H31N3O2S2/c1-17-11-12-20(15-18(17)2)26(13-14-26)23(30)28-24-27-16-21(32-24)22(19-9-7-6-8-10-19)29-33(31)25(3,4)5/h6-12,15-16,22,29H,13-14H2,1-5H3,(H,27,28,30)/t22-,33+/m1/s1. The molecule has 1 aromatic heterocycles. The Hall–Kier alpha value is -2.19. The van der Waals surface area contributed by atoms with Gasteiger partial charge in [0.25, 0.3) is 0 Å². The summed E-state index contributed by atoms with van der Waals surface area (Å²) in [6.45, 7) is 9.99. The van der Waals surface area contributed by atoms with Crippen molar-refractivity contribution in [1.29, 1.82) is 0 Å². The number of hydrogen-bond donors (Lipinski definition) is 2. The van der Waals surface area contributed by atoms with Crippen LogP contribution in [-0.4, -0.2) is 20.2 Å². The first-order valence-corrected chi connectivity index (χ1v) is 13.1. The molecule has 0 radical (unpaired) electrons. The third-order valence-corrected chi connectivity index (χ3v) is 8.73. The molecule has 2 atom stereocenters. The second-order valence-electron chi connectivity index (χ2n) is 9.75. The molecule has 2 aromatic carbocycles. The minimum Gasteiger partial charge on any atom is -0.598 e. The molecular weight excluding hydrogens is 450 g/mol. The molecule has 1 aliphatic carbocycles. The SMILES string of the molecule is Cc1ccc(C2(C(=O)Nc3ncc([C@H](N[S@@+]([O-])C(C)(C)C)c4ccccc4)s3)CC2)cc1C. The molecule has 1 heterocycles. The van der Waals surface area contributed by atoms with Crippen molar-refractivity contribution in [3.8, 4) is 0 Å². The number of nitrogens with one attached hydrogen (secondary N) is 2. The maximum absolute atomic E-state index is 13.2. The van der Waals surface area contributed by atoms with Crippen LogP contribution in [-0.2, 0) is 21.6 Å². The van der Waals surface area contributed by atoms with Crippen LogP contribution in [0.15, 0.2) is 54.7 Å². The van der Waals surface area contributed by atoms with E-state index in [4.69, 9.17) is 0 Å². The number of anilines is 1. The lowest BCUT2D eigenvalue weighted by molar-refractivity contribution is -0.118. The van der Waals surface area contributed by atoms with Crippen molar-refractivity contribution in [2.24, 2.45) is 0 Å². The van der Waals surface area contributed by atoms with E-state index in [1.165, 1.54) is 22.5 Å². The molecule has 0 spiro atoms. The van der Waals surface area contributed by atoms with Crippen LogP contribution in [0.2, 0.25) is 0 Å². The van der Waals surface area contributed by atoms with Crippen LogP contribution in [0, 0.1) is 13.8 Å². The number of amides is 1. The Morgan fingerprint density at radius 1 is 1.12 bits per heavy atom. The van der Waals surface area contributed by atoms with Crippen LogP contribution in [0.3, 0.4) is 0 Å². The van der Waals surface area contributed by atoms with E-state index in [9.17, 15) is 9.35 Å². The van der Waals surface area contributed by atoms with Crippen molar-refractivity contribution in [1.82, 2.24) is 9.71 Å². The van der Waals surface area contributed by atoms with Crippen molar-refractivity contribution in [2.45, 2.75) is 63.7 Å². The summed E-state index contributed by atoms with van der Waals surface area (Å²) in [5, 5.41) is 3.62. The fraction of sp³-hybridized carbons (Fsp3) is 0.385. The number of thiazole rings is 1. The summed E-state index contributed by atoms with van der Waals surface area (Å²) in [4.78, 5) is 18.6. The van der Waals surface area contributed by atoms with Gasteiger partial charge >= 0.3 is 0 Å². The minimum absolute atomic E-state index is 0.00542. The molecular formula is C26H31N3O2S2. The molecule has 0 unspecified atom stereocenters. The molecule has 2 N–H and O–H groups in total. The second-order valence-corrected chi connectivity index (χ2v) is 12.8. The molecule has 1 saturated carbocycles. The average Bonchev–Trinajstić information content (AvgIpc) is 3.47. The van der Waals surface area contributed by atoms with Crippen LogP contribution in [0.4, 0.5) is 5.13 Å². The Labute approximate surface area is 203 Å². The Bertz CT molecular complexity index is 1130. The summed E-state index contributed by atoms with van der Waals surface area (Å²) < 4.78 is 15.7. The van der Waals surface area contributed by atoms with E-state index < -0.39 is 21.5 Å². The molecule has 5 nitrogen and oxygen atoms in total. The molecule has 0 aliphatic heterocycles. The van der Waals surface area contributed by atoms with E-state index in [0.717, 1.165) is 28.8 Å². The van der Waals surface area contributed by atoms with Gasteiger partial charge < -0.3 is 9.87 Å². The Kier molecular flexibility index (Phi) is 6.69. The topological polar surface area (TPSA) is 77.1 Å². The smallest absolute Gasteiger partial charge is 0.236 e. The highest BCUT2D eigenvalue weighted by Crippen LogP contribution is 2.49. The Morgan fingerprint density at radius 3 is 2.42 bits per heavy atom. The number of nitrogens with zero attached hydrogens (tertiary/aromatic N) is 1. The molecule has 1 aliphatic rings. The van der Waals surface area contributed by atoms with Crippen LogP contribution < -0.4 is 10.0 Å². The second kappa shape index (κ2) is 9.22. The maximum Gasteiger partial charge on any atom is 0.236 e. The summed E-state index contributed by atoms with van der Waals surface area (Å²) in [5.41, 5.74) is 4.04. The number of rotatable bonds is 7. The molecule has 3 aromatic rings. The van der Waals surface area contributed by atoms with E-state index in [0.29, 0.717) is 5.13 Å². The average molecular weight is 482 g/mol. The summed E-state index contributed by atoms with van der Waals surface area (Å²) in [6, 6.07) is 15.9. The largest absolute Gasteiger partial charge is 0.598 e. The molecule has 7 heteroatoms. The van der Waals surface area contributed by atoms with Gasteiger partial charge in [0.15, 0.2) is 5.13 Å². The number of carbonyl (C=O) groups excluding carboxylic acids is 1. The predicted molar refractivity (Wildman–Crippen MR) is 137 cm³/mol. The van der Waals surface area contributed by atoms with Gasteiger partial charge in [0.05, 0.1) is 10.3 Å². The molecule has 33 heavy (non-hydrogen) atoms. The van der Waals surface area contributed by atoms with Gasteiger partial charge in [-0.1, -0.05) is 59.9 Å². The van der Waals surface area contributed by atoms with Crippen molar-refractivity contribution >= 4 is 33.7 Å². The normalized spacial score (nSPS) is 16.8. The lowest BCUT2D eigenvalue weighted by atomic mass is 9.92. The van der Waals surface area contributed by atoms with Crippen molar-refractivity contribution in [2.75, 3.05) is 5.32 Å². The maximum atomic E-state index is 13.2. The van der Waals surface area contributed by atoms with Gasteiger partial charge in [-0.3, -0.25) is 4.79 Å². The molecule has 174 valence electrons. The first-order valence-electron chi connectivity index (χ1n) is 11.2. The van der Waals surface area contributed by atoms with Gasteiger partial charge in [-0.15, -0.1) is 4.72 Å². The summed E-state index contributed by atoms with van der Waals surface area (Å²) >= 11 is 0.160. The fourth-order valence-corrected chi connectivity index (χ4v) is 5.52. The van der Waals surface area contributed by atoms with E-state index >= 15 is 0 Å². The first-order chi connectivity index (χ1) is 15.6. The molecule has 0 saturated heterocycles. The highest BCUT2D eigenvalue weighted by molar-refractivity contribution is 7.90. The number of aromatic nitrogens is 1. The first kappa shape index (κ1) is 24.0. The number of carbonyl (C=O) groups is 1. The molecule has 4 rings (SSSR count). The van der Waals surface area contributed by atoms with Gasteiger partial charge in [0.2, 0.25) is 5.91 Å². The van der Waals surface area contributed by atoms with Crippen LogP contribution >= 0.6 is 11.3 Å². The van der Waals surface area contributed by atoms with Crippen LogP contribution in [0.5, 0.6) is 0 Å². The number of aryl methyl sites for hydroxylation is 2. The molecule has 0 bridgehead atoms. The predicted octanol–water partition coefficient (Wildman–Crippen LogP) is 5.57. The van der Waals surface area contributed by atoms with Gasteiger partial charge in [0, 0.05) is 17.6 Å². The third kappa shape index (κ3) is 5.17. The van der Waals surface area contributed by atoms with Gasteiger partial charge in [-0.2, -0.15) is 0 Å². The highest BCUT2D eigenvalue weighted by Gasteiger charge is 2.51. The highest BCUT2D eigenvalue weighted by atomic mass is 32.2. The van der Waals surface area contributed by atoms with Crippen LogP contribution in [0.25, 0.3) is 0 Å². The van der Waals surface area contributed by atoms with E-state index in [1.807, 2.05) is 51.1 Å². The van der Waals surface area contributed by atoms with E-state index in [1.54, 1.807) is 6.20 Å².